The van der Waals surface area contributed by atoms with E-state index in [1.54, 1.807) is 12.1 Å². The van der Waals surface area contributed by atoms with Crippen molar-refractivity contribution in [1.29, 1.82) is 0 Å². The lowest BCUT2D eigenvalue weighted by Gasteiger charge is -2.29. The Labute approximate surface area is 117 Å². The van der Waals surface area contributed by atoms with Crippen molar-refractivity contribution in [3.8, 4) is 0 Å². The van der Waals surface area contributed by atoms with Crippen molar-refractivity contribution in [3.63, 3.8) is 0 Å². The standard InChI is InChI=1S/C14H14Cl2N2/c15-12-5-1-3-10(7-12)14(18,9-17)11-4-2-6-13(16)8-11/h1-8H,9,17-18H2. The zero-order valence-electron chi connectivity index (χ0n) is 9.74. The molecule has 0 heterocycles. The van der Waals surface area contributed by atoms with E-state index in [0.717, 1.165) is 11.1 Å². The summed E-state index contributed by atoms with van der Waals surface area (Å²) < 4.78 is 0. The monoisotopic (exact) mass is 280 g/mol. The number of rotatable bonds is 3. The Morgan fingerprint density at radius 2 is 1.33 bits per heavy atom. The van der Waals surface area contributed by atoms with Crippen LogP contribution in [0.25, 0.3) is 0 Å². The van der Waals surface area contributed by atoms with Crippen LogP contribution in [-0.2, 0) is 5.54 Å². The lowest BCUT2D eigenvalue weighted by molar-refractivity contribution is 0.552. The van der Waals surface area contributed by atoms with Crippen LogP contribution < -0.4 is 11.5 Å². The van der Waals surface area contributed by atoms with E-state index < -0.39 is 5.54 Å². The second kappa shape index (κ2) is 5.29. The molecule has 0 spiro atoms. The average molecular weight is 281 g/mol. The summed E-state index contributed by atoms with van der Waals surface area (Å²) in [4.78, 5) is 0. The van der Waals surface area contributed by atoms with Gasteiger partial charge in [-0.3, -0.25) is 0 Å². The van der Waals surface area contributed by atoms with Gasteiger partial charge in [0, 0.05) is 16.6 Å². The third-order valence-corrected chi connectivity index (χ3v) is 3.47. The highest BCUT2D eigenvalue weighted by Crippen LogP contribution is 2.29. The fraction of sp³-hybridized carbons (Fsp3) is 0.143. The summed E-state index contributed by atoms with van der Waals surface area (Å²) in [5.41, 5.74) is 13.3. The molecule has 0 aliphatic heterocycles. The lowest BCUT2D eigenvalue weighted by atomic mass is 9.84. The van der Waals surface area contributed by atoms with Crippen LogP contribution in [0.1, 0.15) is 11.1 Å². The smallest absolute Gasteiger partial charge is 0.0791 e. The second-order valence-electron chi connectivity index (χ2n) is 4.20. The topological polar surface area (TPSA) is 52.0 Å². The molecule has 18 heavy (non-hydrogen) atoms. The van der Waals surface area contributed by atoms with Gasteiger partial charge in [0.2, 0.25) is 0 Å². The molecule has 0 aliphatic rings. The molecule has 0 aromatic heterocycles. The lowest BCUT2D eigenvalue weighted by Crippen LogP contribution is -2.45. The molecule has 0 aliphatic carbocycles. The maximum Gasteiger partial charge on any atom is 0.0791 e. The number of hydrogen-bond donors (Lipinski definition) is 2. The molecular weight excluding hydrogens is 267 g/mol. The van der Waals surface area contributed by atoms with Gasteiger partial charge in [0.1, 0.15) is 0 Å². The van der Waals surface area contributed by atoms with E-state index in [1.165, 1.54) is 0 Å². The normalized spacial score (nSPS) is 11.6. The summed E-state index contributed by atoms with van der Waals surface area (Å²) in [7, 11) is 0. The molecule has 2 nitrogen and oxygen atoms in total. The molecule has 4 heteroatoms. The molecule has 2 aromatic carbocycles. The molecule has 4 N–H and O–H groups in total. The zero-order valence-corrected chi connectivity index (χ0v) is 11.2. The van der Waals surface area contributed by atoms with E-state index in [0.29, 0.717) is 10.0 Å². The Kier molecular flexibility index (Phi) is 3.93. The molecule has 94 valence electrons. The van der Waals surface area contributed by atoms with Crippen molar-refractivity contribution in [2.75, 3.05) is 6.54 Å². The average Bonchev–Trinajstić information content (AvgIpc) is 2.38. The van der Waals surface area contributed by atoms with Gasteiger partial charge in [0.05, 0.1) is 5.54 Å². The molecule has 0 amide bonds. The number of benzene rings is 2. The summed E-state index contributed by atoms with van der Waals surface area (Å²) in [5.74, 6) is 0. The first-order valence-corrected chi connectivity index (χ1v) is 6.33. The molecule has 0 fully saturated rings. The first kappa shape index (κ1) is 13.4. The highest BCUT2D eigenvalue weighted by molar-refractivity contribution is 6.31. The van der Waals surface area contributed by atoms with Gasteiger partial charge in [-0.25, -0.2) is 0 Å². The molecule has 0 saturated carbocycles. The van der Waals surface area contributed by atoms with Gasteiger partial charge in [-0.1, -0.05) is 47.5 Å². The molecular formula is C14H14Cl2N2. The van der Waals surface area contributed by atoms with E-state index in [4.69, 9.17) is 34.7 Å². The minimum atomic E-state index is -0.782. The van der Waals surface area contributed by atoms with E-state index in [-0.39, 0.29) is 6.54 Å². The molecule has 0 bridgehead atoms. The molecule has 0 unspecified atom stereocenters. The Bertz CT molecular complexity index is 509. The third kappa shape index (κ3) is 2.52. The number of nitrogens with two attached hydrogens (primary N) is 2. The zero-order chi connectivity index (χ0) is 13.2. The fourth-order valence-electron chi connectivity index (χ4n) is 1.93. The quantitative estimate of drug-likeness (QED) is 0.908. The van der Waals surface area contributed by atoms with Crippen LogP contribution in [-0.4, -0.2) is 6.54 Å². The van der Waals surface area contributed by atoms with Gasteiger partial charge in [0.15, 0.2) is 0 Å². The maximum absolute atomic E-state index is 6.44. The highest BCUT2D eigenvalue weighted by Gasteiger charge is 2.28. The van der Waals surface area contributed by atoms with Crippen molar-refractivity contribution in [3.05, 3.63) is 69.7 Å². The molecule has 2 aromatic rings. The first-order chi connectivity index (χ1) is 8.56. The second-order valence-corrected chi connectivity index (χ2v) is 5.07. The summed E-state index contributed by atoms with van der Waals surface area (Å²) in [6.45, 7) is 0.272. The van der Waals surface area contributed by atoms with Crippen LogP contribution in [0.4, 0.5) is 0 Å². The van der Waals surface area contributed by atoms with Gasteiger partial charge in [-0.05, 0) is 35.4 Å². The van der Waals surface area contributed by atoms with Crippen molar-refractivity contribution in [1.82, 2.24) is 0 Å². The molecule has 0 saturated heterocycles. The van der Waals surface area contributed by atoms with Crippen LogP contribution in [0.2, 0.25) is 10.0 Å². The predicted molar refractivity (Wildman–Crippen MR) is 76.9 cm³/mol. The molecule has 0 atom stereocenters. The predicted octanol–water partition coefficient (Wildman–Crippen LogP) is 3.15. The van der Waals surface area contributed by atoms with Crippen LogP contribution in [0.3, 0.4) is 0 Å². The van der Waals surface area contributed by atoms with Crippen LogP contribution in [0.5, 0.6) is 0 Å². The third-order valence-electron chi connectivity index (χ3n) is 3.00. The molecule has 2 rings (SSSR count). The van der Waals surface area contributed by atoms with Crippen molar-refractivity contribution >= 4 is 23.2 Å². The Morgan fingerprint density at radius 1 is 0.889 bits per heavy atom. The van der Waals surface area contributed by atoms with Gasteiger partial charge < -0.3 is 11.5 Å². The van der Waals surface area contributed by atoms with E-state index in [9.17, 15) is 0 Å². The largest absolute Gasteiger partial charge is 0.328 e. The maximum atomic E-state index is 6.44. The number of hydrogen-bond acceptors (Lipinski definition) is 2. The van der Waals surface area contributed by atoms with Crippen molar-refractivity contribution in [2.45, 2.75) is 5.54 Å². The Balaban J connectivity index is 2.54. The first-order valence-electron chi connectivity index (χ1n) is 5.57. The van der Waals surface area contributed by atoms with Gasteiger partial charge in [-0.15, -0.1) is 0 Å². The summed E-state index contributed by atoms with van der Waals surface area (Å²) in [6.07, 6.45) is 0. The van der Waals surface area contributed by atoms with E-state index in [2.05, 4.69) is 0 Å². The summed E-state index contributed by atoms with van der Waals surface area (Å²) in [5, 5.41) is 1.27. The van der Waals surface area contributed by atoms with Crippen LogP contribution in [0.15, 0.2) is 48.5 Å². The minimum Gasteiger partial charge on any atom is -0.328 e. The highest BCUT2D eigenvalue weighted by atomic mass is 35.5. The van der Waals surface area contributed by atoms with Gasteiger partial charge >= 0.3 is 0 Å². The fourth-order valence-corrected chi connectivity index (χ4v) is 2.31. The van der Waals surface area contributed by atoms with E-state index in [1.807, 2.05) is 36.4 Å². The van der Waals surface area contributed by atoms with Gasteiger partial charge in [-0.2, -0.15) is 0 Å². The molecule has 0 radical (unpaired) electrons. The Morgan fingerprint density at radius 3 is 1.67 bits per heavy atom. The summed E-state index contributed by atoms with van der Waals surface area (Å²) in [6, 6.07) is 14.8. The van der Waals surface area contributed by atoms with Crippen molar-refractivity contribution in [2.24, 2.45) is 11.5 Å². The number of halogens is 2. The van der Waals surface area contributed by atoms with Crippen molar-refractivity contribution < 1.29 is 0 Å². The van der Waals surface area contributed by atoms with Crippen LogP contribution in [0, 0.1) is 0 Å². The van der Waals surface area contributed by atoms with Gasteiger partial charge in [0.25, 0.3) is 0 Å². The van der Waals surface area contributed by atoms with E-state index >= 15 is 0 Å². The van der Waals surface area contributed by atoms with Crippen LogP contribution >= 0.6 is 23.2 Å². The SMILES string of the molecule is NCC(N)(c1cccc(Cl)c1)c1cccc(Cl)c1. The Hall–Kier alpha value is -1.06. The summed E-state index contributed by atoms with van der Waals surface area (Å²) >= 11 is 12.0. The minimum absolute atomic E-state index is 0.272.